The lowest BCUT2D eigenvalue weighted by Crippen LogP contribution is -2.45. The maximum atomic E-state index is 13.4. The zero-order valence-corrected chi connectivity index (χ0v) is 18.0. The molecule has 3 fully saturated rings. The van der Waals surface area contributed by atoms with E-state index in [1.807, 2.05) is 12.1 Å². The minimum Gasteiger partial charge on any atom is -0.497 e. The third-order valence-corrected chi connectivity index (χ3v) is 7.06. The minimum absolute atomic E-state index is 0.263. The van der Waals surface area contributed by atoms with Crippen molar-refractivity contribution < 1.29 is 28.6 Å². The number of methoxy groups -OCH3 is 2. The van der Waals surface area contributed by atoms with Crippen molar-refractivity contribution in [2.24, 2.45) is 22.9 Å². The molecule has 2 aromatic carbocycles. The van der Waals surface area contributed by atoms with Crippen LogP contribution < -0.4 is 14.4 Å². The van der Waals surface area contributed by atoms with Gasteiger partial charge in [0.1, 0.15) is 23.3 Å². The minimum atomic E-state index is -0.586. The van der Waals surface area contributed by atoms with Crippen molar-refractivity contribution in [3.05, 3.63) is 53.1 Å². The molecule has 4 aliphatic heterocycles. The van der Waals surface area contributed by atoms with Crippen LogP contribution in [0.4, 0.5) is 5.69 Å². The lowest BCUT2D eigenvalue weighted by atomic mass is 9.71. The smallest absolute Gasteiger partial charge is 0.240 e. The second kappa shape index (κ2) is 6.95. The Morgan fingerprint density at radius 1 is 0.906 bits per heavy atom. The average molecular weight is 455 g/mol. The number of fused-ring (bicyclic) bond motifs is 8. The van der Waals surface area contributed by atoms with E-state index >= 15 is 0 Å². The first-order chi connectivity index (χ1) is 15.5. The number of anilines is 1. The third kappa shape index (κ3) is 2.50. The number of rotatable bonds is 4. The van der Waals surface area contributed by atoms with Gasteiger partial charge in [-0.15, -0.1) is 0 Å². The second-order valence-corrected chi connectivity index (χ2v) is 8.68. The summed E-state index contributed by atoms with van der Waals surface area (Å²) < 4.78 is 17.0. The summed E-state index contributed by atoms with van der Waals surface area (Å²) in [5.41, 5.74) is 1.92. The molecule has 8 nitrogen and oxygen atoms in total. The number of amides is 2. The molecule has 0 radical (unpaired) electrons. The molecular weight excluding hydrogens is 436 g/mol. The molecule has 2 bridgehead atoms. The van der Waals surface area contributed by atoms with Crippen molar-refractivity contribution >= 4 is 34.8 Å². The molecule has 0 saturated carbocycles. The Bertz CT molecular complexity index is 1170. The van der Waals surface area contributed by atoms with Gasteiger partial charge in [0.2, 0.25) is 11.8 Å². The molecule has 32 heavy (non-hydrogen) atoms. The van der Waals surface area contributed by atoms with Crippen LogP contribution in [-0.2, 0) is 19.2 Å². The Balaban J connectivity index is 1.35. The van der Waals surface area contributed by atoms with Crippen molar-refractivity contribution in [3.8, 4) is 11.5 Å². The zero-order valence-electron chi connectivity index (χ0n) is 17.2. The number of imide groups is 1. The van der Waals surface area contributed by atoms with Crippen LogP contribution in [0.15, 0.2) is 47.6 Å². The van der Waals surface area contributed by atoms with Crippen LogP contribution >= 0.6 is 11.6 Å². The van der Waals surface area contributed by atoms with Gasteiger partial charge in [0.25, 0.3) is 0 Å². The topological polar surface area (TPSA) is 86.7 Å². The number of ether oxygens (including phenoxy) is 3. The highest BCUT2D eigenvalue weighted by atomic mass is 35.5. The molecule has 164 valence electrons. The largest absolute Gasteiger partial charge is 0.497 e. The molecular formula is C23H19ClN2O6. The van der Waals surface area contributed by atoms with Crippen LogP contribution in [0.3, 0.4) is 0 Å². The Morgan fingerprint density at radius 3 is 2.31 bits per heavy atom. The normalized spacial score (nSPS) is 32.0. The standard InChI is InChI=1S/C23H19ClN2O6/c1-29-12-7-8-13(14(9-12)30-2)18-17-19-15-16(20(31-19)21(17)32-25-18)23(28)26(22(15)27)11-5-3-10(24)4-6-11/h3-9,15-17,19-21H,1-2H3/t15-,16+,17-,19+,20-,21-/m0/s1. The molecule has 2 amide bonds. The monoisotopic (exact) mass is 454 g/mol. The number of hydrogen-bond acceptors (Lipinski definition) is 7. The molecule has 4 heterocycles. The summed E-state index contributed by atoms with van der Waals surface area (Å²) in [5.74, 6) is -0.735. The molecule has 2 aromatic rings. The number of hydrogen-bond donors (Lipinski definition) is 0. The predicted octanol–water partition coefficient (Wildman–Crippen LogP) is 2.66. The van der Waals surface area contributed by atoms with E-state index in [0.29, 0.717) is 27.9 Å². The van der Waals surface area contributed by atoms with E-state index in [9.17, 15) is 9.59 Å². The molecule has 4 aliphatic rings. The number of nitrogens with zero attached hydrogens (tertiary/aromatic N) is 2. The van der Waals surface area contributed by atoms with E-state index < -0.39 is 30.1 Å². The lowest BCUT2D eigenvalue weighted by Gasteiger charge is -2.26. The second-order valence-electron chi connectivity index (χ2n) is 8.24. The number of halogens is 1. The molecule has 0 unspecified atom stereocenters. The van der Waals surface area contributed by atoms with Crippen LogP contribution in [0.2, 0.25) is 5.02 Å². The van der Waals surface area contributed by atoms with Crippen LogP contribution in [0.25, 0.3) is 0 Å². The molecule has 0 spiro atoms. The molecule has 6 rings (SSSR count). The van der Waals surface area contributed by atoms with Gasteiger partial charge in [0.15, 0.2) is 6.10 Å². The van der Waals surface area contributed by atoms with Crippen molar-refractivity contribution in [3.63, 3.8) is 0 Å². The van der Waals surface area contributed by atoms with Crippen LogP contribution in [0.1, 0.15) is 5.56 Å². The SMILES string of the molecule is COc1ccc(C2=NO[C@@H]3[C@H]4O[C@@H]([C@H]23)[C@H]2C(=O)N(c3ccc(Cl)cc3)C(=O)[C@@H]42)c(OC)c1. The summed E-state index contributed by atoms with van der Waals surface area (Å²) in [7, 11) is 3.16. The Hall–Kier alpha value is -3.10. The van der Waals surface area contributed by atoms with Gasteiger partial charge in [-0.2, -0.15) is 0 Å². The van der Waals surface area contributed by atoms with Gasteiger partial charge >= 0.3 is 0 Å². The van der Waals surface area contributed by atoms with E-state index in [1.165, 1.54) is 4.90 Å². The molecule has 6 atom stereocenters. The first-order valence-corrected chi connectivity index (χ1v) is 10.7. The molecule has 0 aliphatic carbocycles. The summed E-state index contributed by atoms with van der Waals surface area (Å²) in [6.07, 6.45) is -1.46. The quantitative estimate of drug-likeness (QED) is 0.660. The van der Waals surface area contributed by atoms with E-state index in [4.69, 9.17) is 30.6 Å². The van der Waals surface area contributed by atoms with Gasteiger partial charge in [0.05, 0.1) is 43.8 Å². The molecule has 0 N–H and O–H groups in total. The Labute approximate surface area is 188 Å². The number of carbonyl (C=O) groups excluding carboxylic acids is 2. The van der Waals surface area contributed by atoms with Gasteiger partial charge in [-0.05, 0) is 36.4 Å². The van der Waals surface area contributed by atoms with Gasteiger partial charge in [0, 0.05) is 16.7 Å². The maximum absolute atomic E-state index is 13.4. The van der Waals surface area contributed by atoms with Crippen molar-refractivity contribution in [2.75, 3.05) is 19.1 Å². The highest BCUT2D eigenvalue weighted by Gasteiger charge is 2.72. The number of benzene rings is 2. The van der Waals surface area contributed by atoms with Gasteiger partial charge < -0.3 is 19.0 Å². The van der Waals surface area contributed by atoms with Gasteiger partial charge in [-0.1, -0.05) is 16.8 Å². The number of oxime groups is 1. The third-order valence-electron chi connectivity index (χ3n) is 6.81. The molecule has 0 aromatic heterocycles. The average Bonchev–Trinajstić information content (AvgIpc) is 3.54. The Kier molecular flexibility index (Phi) is 4.25. The Morgan fingerprint density at radius 2 is 1.62 bits per heavy atom. The highest BCUT2D eigenvalue weighted by Crippen LogP contribution is 2.55. The van der Waals surface area contributed by atoms with Crippen LogP contribution in [0.5, 0.6) is 11.5 Å². The lowest BCUT2D eigenvalue weighted by molar-refractivity contribution is -0.125. The van der Waals surface area contributed by atoms with Crippen molar-refractivity contribution in [2.45, 2.75) is 18.3 Å². The summed E-state index contributed by atoms with van der Waals surface area (Å²) >= 11 is 5.97. The summed E-state index contributed by atoms with van der Waals surface area (Å²) in [6, 6.07) is 12.1. The zero-order chi connectivity index (χ0) is 22.1. The van der Waals surface area contributed by atoms with E-state index in [2.05, 4.69) is 5.16 Å². The predicted molar refractivity (Wildman–Crippen MR) is 114 cm³/mol. The van der Waals surface area contributed by atoms with Gasteiger partial charge in [-0.3, -0.25) is 9.59 Å². The first-order valence-electron chi connectivity index (χ1n) is 10.3. The molecule has 3 saturated heterocycles. The fourth-order valence-electron chi connectivity index (χ4n) is 5.43. The van der Waals surface area contributed by atoms with Gasteiger partial charge in [-0.25, -0.2) is 4.90 Å². The van der Waals surface area contributed by atoms with Crippen LogP contribution in [0, 0.1) is 17.8 Å². The van der Waals surface area contributed by atoms with Crippen LogP contribution in [-0.4, -0.2) is 50.1 Å². The fraction of sp³-hybridized carbons (Fsp3) is 0.348. The maximum Gasteiger partial charge on any atom is 0.240 e. The first kappa shape index (κ1) is 19.6. The summed E-state index contributed by atoms with van der Waals surface area (Å²) in [6.45, 7) is 0. The van der Waals surface area contributed by atoms with Crippen molar-refractivity contribution in [1.29, 1.82) is 0 Å². The van der Waals surface area contributed by atoms with E-state index in [1.54, 1.807) is 44.6 Å². The molecule has 9 heteroatoms. The van der Waals surface area contributed by atoms with Crippen molar-refractivity contribution in [1.82, 2.24) is 0 Å². The van der Waals surface area contributed by atoms with E-state index in [0.717, 1.165) is 5.56 Å². The summed E-state index contributed by atoms with van der Waals surface area (Å²) in [4.78, 5) is 33.6. The number of carbonyl (C=O) groups is 2. The van der Waals surface area contributed by atoms with E-state index in [-0.39, 0.29) is 17.7 Å². The highest BCUT2D eigenvalue weighted by molar-refractivity contribution is 6.31. The summed E-state index contributed by atoms with van der Waals surface area (Å²) in [5, 5.41) is 4.86. The fourth-order valence-corrected chi connectivity index (χ4v) is 5.56.